The standard InChI is InChI=1S/C17H22N4OS.2ClH/c1-17(4-7-18-8-5-17)12-20-15(22)9-14-11-23-16(21-14)13-3-2-6-19-10-13;;/h2-3,6,10-11,18H,4-5,7-9,12H2,1H3,(H,20,22);2*1H. The van der Waals surface area contributed by atoms with E-state index in [1.807, 2.05) is 17.5 Å². The van der Waals surface area contributed by atoms with Gasteiger partial charge >= 0.3 is 0 Å². The highest BCUT2D eigenvalue weighted by Gasteiger charge is 2.27. The highest BCUT2D eigenvalue weighted by atomic mass is 35.5. The Morgan fingerprint density at radius 1 is 1.36 bits per heavy atom. The van der Waals surface area contributed by atoms with Crippen molar-refractivity contribution in [1.29, 1.82) is 0 Å². The normalized spacial score (nSPS) is 15.6. The van der Waals surface area contributed by atoms with Gasteiger partial charge in [-0.05, 0) is 43.5 Å². The van der Waals surface area contributed by atoms with E-state index < -0.39 is 0 Å². The summed E-state index contributed by atoms with van der Waals surface area (Å²) in [7, 11) is 0. The summed E-state index contributed by atoms with van der Waals surface area (Å²) in [6.45, 7) is 5.06. The van der Waals surface area contributed by atoms with Gasteiger partial charge in [0.1, 0.15) is 5.01 Å². The highest BCUT2D eigenvalue weighted by molar-refractivity contribution is 7.13. The van der Waals surface area contributed by atoms with Gasteiger partial charge in [-0.15, -0.1) is 36.2 Å². The molecule has 138 valence electrons. The zero-order chi connectivity index (χ0) is 16.1. The molecule has 3 rings (SSSR count). The predicted octanol–water partition coefficient (Wildman–Crippen LogP) is 3.10. The Morgan fingerprint density at radius 3 is 2.80 bits per heavy atom. The van der Waals surface area contributed by atoms with E-state index in [0.29, 0.717) is 6.42 Å². The Morgan fingerprint density at radius 2 is 2.12 bits per heavy atom. The molecule has 0 spiro atoms. The summed E-state index contributed by atoms with van der Waals surface area (Å²) in [5, 5.41) is 9.30. The molecule has 1 amide bonds. The summed E-state index contributed by atoms with van der Waals surface area (Å²) < 4.78 is 0. The second-order valence-corrected chi connectivity index (χ2v) is 7.26. The number of nitrogens with one attached hydrogen (secondary N) is 2. The van der Waals surface area contributed by atoms with E-state index in [1.165, 1.54) is 0 Å². The summed E-state index contributed by atoms with van der Waals surface area (Å²) in [5.74, 6) is 0.0489. The van der Waals surface area contributed by atoms with Crippen LogP contribution in [-0.4, -0.2) is 35.5 Å². The Hall–Kier alpha value is -1.21. The fourth-order valence-electron chi connectivity index (χ4n) is 2.76. The minimum absolute atomic E-state index is 0. The van der Waals surface area contributed by atoms with Crippen molar-refractivity contribution in [2.24, 2.45) is 5.41 Å². The van der Waals surface area contributed by atoms with Gasteiger partial charge < -0.3 is 10.6 Å². The van der Waals surface area contributed by atoms with Crippen molar-refractivity contribution in [3.8, 4) is 10.6 Å². The number of carbonyl (C=O) groups is 1. The van der Waals surface area contributed by atoms with Gasteiger partial charge in [-0.2, -0.15) is 0 Å². The lowest BCUT2D eigenvalue weighted by molar-refractivity contribution is -0.121. The second-order valence-electron chi connectivity index (χ2n) is 6.40. The number of piperidine rings is 1. The number of thiazole rings is 1. The molecule has 0 atom stereocenters. The van der Waals surface area contributed by atoms with E-state index in [-0.39, 0.29) is 36.1 Å². The zero-order valence-electron chi connectivity index (χ0n) is 14.2. The minimum atomic E-state index is 0. The molecular formula is C17H24Cl2N4OS. The summed E-state index contributed by atoms with van der Waals surface area (Å²) >= 11 is 1.55. The maximum Gasteiger partial charge on any atom is 0.226 e. The maximum absolute atomic E-state index is 12.2. The minimum Gasteiger partial charge on any atom is -0.355 e. The van der Waals surface area contributed by atoms with Gasteiger partial charge in [-0.1, -0.05) is 6.92 Å². The first-order valence-electron chi connectivity index (χ1n) is 7.97. The Kier molecular flexibility index (Phi) is 8.79. The van der Waals surface area contributed by atoms with Crippen molar-refractivity contribution < 1.29 is 4.79 Å². The van der Waals surface area contributed by atoms with Crippen LogP contribution in [0.25, 0.3) is 10.6 Å². The number of aromatic nitrogens is 2. The van der Waals surface area contributed by atoms with Crippen LogP contribution in [0.4, 0.5) is 0 Å². The maximum atomic E-state index is 12.2. The second kappa shape index (κ2) is 10.1. The summed E-state index contributed by atoms with van der Waals surface area (Å²) in [6.07, 6.45) is 6.09. The number of amides is 1. The molecule has 1 saturated heterocycles. The number of hydrogen-bond donors (Lipinski definition) is 2. The van der Waals surface area contributed by atoms with Crippen molar-refractivity contribution in [2.75, 3.05) is 19.6 Å². The van der Waals surface area contributed by atoms with Crippen molar-refractivity contribution in [3.63, 3.8) is 0 Å². The van der Waals surface area contributed by atoms with E-state index in [0.717, 1.165) is 48.7 Å². The van der Waals surface area contributed by atoms with Crippen molar-refractivity contribution in [2.45, 2.75) is 26.2 Å². The van der Waals surface area contributed by atoms with Crippen LogP contribution >= 0.6 is 36.2 Å². The van der Waals surface area contributed by atoms with E-state index in [2.05, 4.69) is 27.5 Å². The topological polar surface area (TPSA) is 66.9 Å². The SMILES string of the molecule is CC1(CNC(=O)Cc2csc(-c3cccnc3)n2)CCNCC1.Cl.Cl. The van der Waals surface area contributed by atoms with E-state index >= 15 is 0 Å². The molecule has 0 saturated carbocycles. The molecule has 1 aliphatic heterocycles. The van der Waals surface area contributed by atoms with Crippen LogP contribution in [0, 0.1) is 5.41 Å². The highest BCUT2D eigenvalue weighted by Crippen LogP contribution is 2.27. The fraction of sp³-hybridized carbons (Fsp3) is 0.471. The fourth-order valence-corrected chi connectivity index (χ4v) is 3.57. The van der Waals surface area contributed by atoms with E-state index in [9.17, 15) is 4.79 Å². The van der Waals surface area contributed by atoms with Crippen LogP contribution in [0.2, 0.25) is 0 Å². The van der Waals surface area contributed by atoms with E-state index in [1.54, 1.807) is 23.7 Å². The molecule has 3 heterocycles. The van der Waals surface area contributed by atoms with Crippen LogP contribution in [0.3, 0.4) is 0 Å². The molecule has 0 radical (unpaired) electrons. The molecule has 8 heteroatoms. The molecule has 2 aromatic heterocycles. The van der Waals surface area contributed by atoms with Crippen LogP contribution in [0.15, 0.2) is 29.9 Å². The van der Waals surface area contributed by atoms with Crippen LogP contribution in [0.5, 0.6) is 0 Å². The van der Waals surface area contributed by atoms with Gasteiger partial charge in [0.25, 0.3) is 0 Å². The first-order chi connectivity index (χ1) is 11.1. The van der Waals surface area contributed by atoms with Crippen molar-refractivity contribution in [3.05, 3.63) is 35.6 Å². The monoisotopic (exact) mass is 402 g/mol. The third-order valence-corrected chi connectivity index (χ3v) is 5.27. The van der Waals surface area contributed by atoms with Gasteiger partial charge in [-0.3, -0.25) is 9.78 Å². The van der Waals surface area contributed by atoms with Gasteiger partial charge in [0.05, 0.1) is 12.1 Å². The molecule has 0 bridgehead atoms. The third-order valence-electron chi connectivity index (χ3n) is 4.32. The van der Waals surface area contributed by atoms with Crippen molar-refractivity contribution >= 4 is 42.1 Å². The van der Waals surface area contributed by atoms with Crippen LogP contribution in [-0.2, 0) is 11.2 Å². The zero-order valence-corrected chi connectivity index (χ0v) is 16.6. The number of nitrogens with zero attached hydrogens (tertiary/aromatic N) is 2. The average molecular weight is 403 g/mol. The molecule has 0 aromatic carbocycles. The number of pyridine rings is 1. The first kappa shape index (κ1) is 21.8. The van der Waals surface area contributed by atoms with Crippen LogP contribution < -0.4 is 10.6 Å². The number of rotatable bonds is 5. The molecule has 25 heavy (non-hydrogen) atoms. The van der Waals surface area contributed by atoms with Gasteiger partial charge in [-0.25, -0.2) is 4.98 Å². The molecule has 0 unspecified atom stereocenters. The molecule has 5 nitrogen and oxygen atoms in total. The predicted molar refractivity (Wildman–Crippen MR) is 107 cm³/mol. The molecule has 1 fully saturated rings. The summed E-state index contributed by atoms with van der Waals surface area (Å²) in [4.78, 5) is 20.8. The Labute approximate surface area is 164 Å². The van der Waals surface area contributed by atoms with Gasteiger partial charge in [0.2, 0.25) is 5.91 Å². The average Bonchev–Trinajstić information content (AvgIpc) is 3.03. The smallest absolute Gasteiger partial charge is 0.226 e. The number of hydrogen-bond acceptors (Lipinski definition) is 5. The summed E-state index contributed by atoms with van der Waals surface area (Å²) in [6, 6.07) is 3.87. The molecule has 1 aliphatic rings. The van der Waals surface area contributed by atoms with E-state index in [4.69, 9.17) is 0 Å². The lowest BCUT2D eigenvalue weighted by Gasteiger charge is -2.34. The molecule has 2 N–H and O–H groups in total. The lowest BCUT2D eigenvalue weighted by atomic mass is 9.81. The molecule has 0 aliphatic carbocycles. The Bertz CT molecular complexity index is 660. The lowest BCUT2D eigenvalue weighted by Crippen LogP contribution is -2.43. The Balaban J connectivity index is 0.00000156. The molecule has 2 aromatic rings. The van der Waals surface area contributed by atoms with Crippen molar-refractivity contribution in [1.82, 2.24) is 20.6 Å². The number of carbonyl (C=O) groups excluding carboxylic acids is 1. The molecular weight excluding hydrogens is 379 g/mol. The quantitative estimate of drug-likeness (QED) is 0.805. The summed E-state index contributed by atoms with van der Waals surface area (Å²) in [5.41, 5.74) is 2.03. The van der Waals surface area contributed by atoms with Gasteiger partial charge in [0.15, 0.2) is 0 Å². The first-order valence-corrected chi connectivity index (χ1v) is 8.85. The largest absolute Gasteiger partial charge is 0.355 e. The number of halogens is 2. The van der Waals surface area contributed by atoms with Gasteiger partial charge in [0, 0.05) is 29.9 Å². The van der Waals surface area contributed by atoms with Crippen LogP contribution in [0.1, 0.15) is 25.5 Å². The third kappa shape index (κ3) is 6.22.